The standard InChI is InChI=1S/C16H22F3N3O/c1-15(2)10-12(11-6-4-5-7-13(11)23-15)22-14(20-3)21-9-8-16(17,18)19/h4-7,12H,8-10H2,1-3H3,(H2,20,21,22). The third-order valence-electron chi connectivity index (χ3n) is 3.61. The highest BCUT2D eigenvalue weighted by molar-refractivity contribution is 5.80. The second-order valence-corrected chi connectivity index (χ2v) is 6.16. The van der Waals surface area contributed by atoms with E-state index in [1.54, 1.807) is 7.05 Å². The fourth-order valence-corrected chi connectivity index (χ4v) is 2.61. The van der Waals surface area contributed by atoms with E-state index in [-0.39, 0.29) is 18.2 Å². The van der Waals surface area contributed by atoms with Crippen molar-refractivity contribution in [2.75, 3.05) is 13.6 Å². The minimum absolute atomic E-state index is 0.0768. The fourth-order valence-electron chi connectivity index (χ4n) is 2.61. The predicted octanol–water partition coefficient (Wildman–Crippen LogP) is 3.41. The highest BCUT2D eigenvalue weighted by Crippen LogP contribution is 2.39. The third-order valence-corrected chi connectivity index (χ3v) is 3.61. The van der Waals surface area contributed by atoms with E-state index in [1.807, 2.05) is 38.1 Å². The van der Waals surface area contributed by atoms with Crippen LogP contribution in [0.2, 0.25) is 0 Å². The monoisotopic (exact) mass is 329 g/mol. The van der Waals surface area contributed by atoms with E-state index in [0.717, 1.165) is 11.3 Å². The van der Waals surface area contributed by atoms with Crippen LogP contribution < -0.4 is 15.4 Å². The number of nitrogens with one attached hydrogen (secondary N) is 2. The van der Waals surface area contributed by atoms with E-state index < -0.39 is 12.6 Å². The predicted molar refractivity (Wildman–Crippen MR) is 83.7 cm³/mol. The SMILES string of the molecule is CN=C(NCCC(F)(F)F)NC1CC(C)(C)Oc2ccccc21. The summed E-state index contributed by atoms with van der Waals surface area (Å²) in [5.41, 5.74) is 0.613. The van der Waals surface area contributed by atoms with E-state index in [2.05, 4.69) is 15.6 Å². The third kappa shape index (κ3) is 5.04. The summed E-state index contributed by atoms with van der Waals surface area (Å²) < 4.78 is 42.7. The molecule has 0 fully saturated rings. The first-order valence-corrected chi connectivity index (χ1v) is 7.52. The molecule has 0 aliphatic carbocycles. The molecule has 2 rings (SSSR count). The van der Waals surface area contributed by atoms with Crippen LogP contribution in [0.4, 0.5) is 13.2 Å². The van der Waals surface area contributed by atoms with Crippen molar-refractivity contribution in [3.63, 3.8) is 0 Å². The minimum atomic E-state index is -4.18. The molecule has 1 aliphatic rings. The van der Waals surface area contributed by atoms with Crippen LogP contribution in [0, 0.1) is 0 Å². The lowest BCUT2D eigenvalue weighted by Crippen LogP contribution is -2.45. The van der Waals surface area contributed by atoms with Crippen LogP contribution in [0.3, 0.4) is 0 Å². The maximum atomic E-state index is 12.3. The molecular formula is C16H22F3N3O. The summed E-state index contributed by atoms with van der Waals surface area (Å²) >= 11 is 0. The van der Waals surface area contributed by atoms with Crippen LogP contribution >= 0.6 is 0 Å². The molecule has 0 amide bonds. The first-order chi connectivity index (χ1) is 10.7. The van der Waals surface area contributed by atoms with Crippen molar-refractivity contribution in [2.45, 2.75) is 44.5 Å². The molecule has 4 nitrogen and oxygen atoms in total. The molecule has 1 heterocycles. The van der Waals surface area contributed by atoms with Crippen molar-refractivity contribution in [3.05, 3.63) is 29.8 Å². The first-order valence-electron chi connectivity index (χ1n) is 7.52. The highest BCUT2D eigenvalue weighted by Gasteiger charge is 2.34. The smallest absolute Gasteiger partial charge is 0.390 e. The molecule has 1 aromatic rings. The summed E-state index contributed by atoms with van der Waals surface area (Å²) in [5.74, 6) is 1.14. The second-order valence-electron chi connectivity index (χ2n) is 6.16. The molecule has 1 atom stereocenters. The Morgan fingerprint density at radius 2 is 2.04 bits per heavy atom. The van der Waals surface area contributed by atoms with Gasteiger partial charge in [-0.25, -0.2) is 0 Å². The first kappa shape index (κ1) is 17.4. The van der Waals surface area contributed by atoms with Gasteiger partial charge in [0.15, 0.2) is 5.96 Å². The Morgan fingerprint density at radius 3 is 2.70 bits per heavy atom. The van der Waals surface area contributed by atoms with Crippen LogP contribution in [0.15, 0.2) is 29.3 Å². The number of hydrogen-bond donors (Lipinski definition) is 2. The summed E-state index contributed by atoms with van der Waals surface area (Å²) in [6.07, 6.45) is -4.40. The Hall–Kier alpha value is -1.92. The maximum Gasteiger partial charge on any atom is 0.390 e. The average Bonchev–Trinajstić information content (AvgIpc) is 2.43. The van der Waals surface area contributed by atoms with Gasteiger partial charge in [0.1, 0.15) is 11.4 Å². The molecule has 128 valence electrons. The van der Waals surface area contributed by atoms with Crippen molar-refractivity contribution in [1.82, 2.24) is 10.6 Å². The van der Waals surface area contributed by atoms with Crippen LogP contribution in [0.5, 0.6) is 5.75 Å². The van der Waals surface area contributed by atoms with E-state index in [4.69, 9.17) is 4.74 Å². The van der Waals surface area contributed by atoms with Gasteiger partial charge in [-0.2, -0.15) is 13.2 Å². The van der Waals surface area contributed by atoms with Gasteiger partial charge >= 0.3 is 6.18 Å². The van der Waals surface area contributed by atoms with Crippen LogP contribution in [-0.4, -0.2) is 31.3 Å². The number of aliphatic imine (C=N–C) groups is 1. The zero-order chi connectivity index (χ0) is 17.1. The van der Waals surface area contributed by atoms with E-state index >= 15 is 0 Å². The molecule has 23 heavy (non-hydrogen) atoms. The molecule has 0 radical (unpaired) electrons. The Morgan fingerprint density at radius 1 is 1.35 bits per heavy atom. The molecule has 0 saturated carbocycles. The Bertz CT molecular complexity index is 570. The number of fused-ring (bicyclic) bond motifs is 1. The number of nitrogens with zero attached hydrogens (tertiary/aromatic N) is 1. The van der Waals surface area contributed by atoms with Gasteiger partial charge in [0.05, 0.1) is 12.5 Å². The minimum Gasteiger partial charge on any atom is -0.487 e. The number of hydrogen-bond acceptors (Lipinski definition) is 2. The molecule has 0 saturated heterocycles. The van der Waals surface area contributed by atoms with Crippen molar-refractivity contribution >= 4 is 5.96 Å². The van der Waals surface area contributed by atoms with E-state index in [9.17, 15) is 13.2 Å². The molecule has 1 unspecified atom stereocenters. The van der Waals surface area contributed by atoms with Crippen molar-refractivity contribution in [3.8, 4) is 5.75 Å². The number of benzene rings is 1. The largest absolute Gasteiger partial charge is 0.487 e. The number of halogens is 3. The van der Waals surface area contributed by atoms with Crippen molar-refractivity contribution in [1.29, 1.82) is 0 Å². The molecule has 1 aliphatic heterocycles. The molecule has 7 heteroatoms. The van der Waals surface area contributed by atoms with Gasteiger partial charge in [-0.05, 0) is 19.9 Å². The maximum absolute atomic E-state index is 12.3. The Kier molecular flexibility index (Phi) is 5.06. The van der Waals surface area contributed by atoms with Gasteiger partial charge in [0.2, 0.25) is 0 Å². The Balaban J connectivity index is 2.06. The van der Waals surface area contributed by atoms with Crippen LogP contribution in [0.25, 0.3) is 0 Å². The number of ether oxygens (including phenoxy) is 1. The number of guanidine groups is 1. The van der Waals surface area contributed by atoms with Crippen molar-refractivity contribution in [2.24, 2.45) is 4.99 Å². The summed E-state index contributed by atoms with van der Waals surface area (Å²) in [5, 5.41) is 5.90. The normalized spacial score (nSPS) is 20.4. The second kappa shape index (κ2) is 6.68. The molecule has 0 bridgehead atoms. The van der Waals surface area contributed by atoms with Crippen molar-refractivity contribution < 1.29 is 17.9 Å². The van der Waals surface area contributed by atoms with Gasteiger partial charge in [0, 0.05) is 25.6 Å². The zero-order valence-corrected chi connectivity index (χ0v) is 13.5. The number of rotatable bonds is 3. The van der Waals surface area contributed by atoms with Gasteiger partial charge in [-0.1, -0.05) is 18.2 Å². The van der Waals surface area contributed by atoms with Gasteiger partial charge in [-0.3, -0.25) is 4.99 Å². The lowest BCUT2D eigenvalue weighted by atomic mass is 9.90. The fraction of sp³-hybridized carbons (Fsp3) is 0.562. The lowest BCUT2D eigenvalue weighted by Gasteiger charge is -2.38. The molecule has 0 spiro atoms. The molecule has 0 aromatic heterocycles. The molecular weight excluding hydrogens is 307 g/mol. The summed E-state index contributed by atoms with van der Waals surface area (Å²) in [6, 6.07) is 7.57. The zero-order valence-electron chi connectivity index (χ0n) is 13.5. The molecule has 2 N–H and O–H groups in total. The van der Waals surface area contributed by atoms with E-state index in [0.29, 0.717) is 12.4 Å². The number of para-hydroxylation sites is 1. The summed E-state index contributed by atoms with van der Waals surface area (Å²) in [4.78, 5) is 4.01. The summed E-state index contributed by atoms with van der Waals surface area (Å²) in [7, 11) is 1.54. The summed E-state index contributed by atoms with van der Waals surface area (Å²) in [6.45, 7) is 3.76. The molecule has 1 aromatic carbocycles. The quantitative estimate of drug-likeness (QED) is 0.660. The van der Waals surface area contributed by atoms with Crippen LogP contribution in [-0.2, 0) is 0 Å². The van der Waals surface area contributed by atoms with Gasteiger partial charge in [0.25, 0.3) is 0 Å². The Labute approximate surface area is 134 Å². The lowest BCUT2D eigenvalue weighted by molar-refractivity contribution is -0.132. The average molecular weight is 329 g/mol. The van der Waals surface area contributed by atoms with Gasteiger partial charge < -0.3 is 15.4 Å². The van der Waals surface area contributed by atoms with Crippen LogP contribution in [0.1, 0.15) is 38.3 Å². The topological polar surface area (TPSA) is 45.7 Å². The van der Waals surface area contributed by atoms with Gasteiger partial charge in [-0.15, -0.1) is 0 Å². The van der Waals surface area contributed by atoms with E-state index in [1.165, 1.54) is 0 Å². The highest BCUT2D eigenvalue weighted by atomic mass is 19.4. The number of alkyl halides is 3.